The van der Waals surface area contributed by atoms with E-state index < -0.39 is 5.97 Å². The molecular formula is C16H18N2O3S. The SMILES string of the molecule is CC1CCC(C(=O)Nc2nc3ccc(C(=O)O)cc3s2)CC1. The van der Waals surface area contributed by atoms with Gasteiger partial charge in [0.25, 0.3) is 0 Å². The first kappa shape index (κ1) is 15.0. The summed E-state index contributed by atoms with van der Waals surface area (Å²) >= 11 is 1.32. The van der Waals surface area contributed by atoms with Gasteiger partial charge >= 0.3 is 5.97 Å². The van der Waals surface area contributed by atoms with Gasteiger partial charge in [-0.1, -0.05) is 18.3 Å². The molecule has 1 aromatic carbocycles. The third-order valence-electron chi connectivity index (χ3n) is 4.25. The number of carbonyl (C=O) groups is 2. The molecule has 2 aromatic rings. The van der Waals surface area contributed by atoms with E-state index >= 15 is 0 Å². The first-order valence-corrected chi connectivity index (χ1v) is 8.29. The zero-order chi connectivity index (χ0) is 15.7. The molecule has 0 atom stereocenters. The van der Waals surface area contributed by atoms with Crippen LogP contribution in [-0.4, -0.2) is 22.0 Å². The Morgan fingerprint density at radius 3 is 2.68 bits per heavy atom. The number of hydrogen-bond donors (Lipinski definition) is 2. The van der Waals surface area contributed by atoms with Crippen LogP contribution in [0, 0.1) is 11.8 Å². The number of nitrogens with one attached hydrogen (secondary N) is 1. The number of aromatic nitrogens is 1. The molecule has 1 amide bonds. The monoisotopic (exact) mass is 318 g/mol. The predicted octanol–water partition coefficient (Wildman–Crippen LogP) is 3.76. The van der Waals surface area contributed by atoms with Gasteiger partial charge in [0, 0.05) is 5.92 Å². The van der Waals surface area contributed by atoms with Gasteiger partial charge in [-0.05, 0) is 49.8 Å². The van der Waals surface area contributed by atoms with Crippen molar-refractivity contribution in [2.24, 2.45) is 11.8 Å². The summed E-state index contributed by atoms with van der Waals surface area (Å²) in [7, 11) is 0. The van der Waals surface area contributed by atoms with Crippen molar-refractivity contribution in [3.63, 3.8) is 0 Å². The standard InChI is InChI=1S/C16H18N2O3S/c1-9-2-4-10(5-3-9)14(19)18-16-17-12-7-6-11(15(20)21)8-13(12)22-16/h6-10H,2-5H2,1H3,(H,20,21)(H,17,18,19). The minimum absolute atomic E-state index is 0.0319. The van der Waals surface area contributed by atoms with E-state index in [0.29, 0.717) is 16.6 Å². The molecule has 116 valence electrons. The molecule has 0 radical (unpaired) electrons. The molecule has 0 spiro atoms. The van der Waals surface area contributed by atoms with E-state index in [4.69, 9.17) is 5.11 Å². The maximum atomic E-state index is 12.3. The van der Waals surface area contributed by atoms with Crippen molar-refractivity contribution in [2.45, 2.75) is 32.6 Å². The van der Waals surface area contributed by atoms with Crippen LogP contribution in [0.2, 0.25) is 0 Å². The molecule has 0 aliphatic heterocycles. The van der Waals surface area contributed by atoms with Gasteiger partial charge in [0.2, 0.25) is 5.91 Å². The van der Waals surface area contributed by atoms with Crippen molar-refractivity contribution >= 4 is 38.6 Å². The molecule has 2 N–H and O–H groups in total. The largest absolute Gasteiger partial charge is 0.478 e. The number of benzene rings is 1. The van der Waals surface area contributed by atoms with E-state index in [2.05, 4.69) is 17.2 Å². The van der Waals surface area contributed by atoms with Crippen LogP contribution in [0.5, 0.6) is 0 Å². The molecule has 0 saturated heterocycles. The highest BCUT2D eigenvalue weighted by Crippen LogP contribution is 2.31. The maximum Gasteiger partial charge on any atom is 0.335 e. The third-order valence-corrected chi connectivity index (χ3v) is 5.19. The molecule has 0 bridgehead atoms. The molecule has 1 aliphatic rings. The van der Waals surface area contributed by atoms with E-state index in [1.807, 2.05) is 0 Å². The Kier molecular flexibility index (Phi) is 4.11. The first-order chi connectivity index (χ1) is 10.5. The molecule has 1 saturated carbocycles. The van der Waals surface area contributed by atoms with Crippen LogP contribution in [0.15, 0.2) is 18.2 Å². The predicted molar refractivity (Wildman–Crippen MR) is 86.3 cm³/mol. The Bertz CT molecular complexity index is 717. The number of hydrogen-bond acceptors (Lipinski definition) is 4. The fraction of sp³-hybridized carbons (Fsp3) is 0.438. The van der Waals surface area contributed by atoms with Crippen LogP contribution in [0.1, 0.15) is 43.0 Å². The Morgan fingerprint density at radius 1 is 1.27 bits per heavy atom. The van der Waals surface area contributed by atoms with Gasteiger partial charge in [-0.3, -0.25) is 4.79 Å². The van der Waals surface area contributed by atoms with Crippen molar-refractivity contribution in [1.29, 1.82) is 0 Å². The van der Waals surface area contributed by atoms with Crippen molar-refractivity contribution in [3.05, 3.63) is 23.8 Å². The van der Waals surface area contributed by atoms with Gasteiger partial charge in [0.05, 0.1) is 15.8 Å². The topological polar surface area (TPSA) is 79.3 Å². The number of carboxylic acid groups (broad SMARTS) is 1. The molecule has 1 aliphatic carbocycles. The lowest BCUT2D eigenvalue weighted by Gasteiger charge is -2.24. The van der Waals surface area contributed by atoms with E-state index in [0.717, 1.165) is 30.4 Å². The number of carboxylic acids is 1. The molecule has 22 heavy (non-hydrogen) atoms. The number of fused-ring (bicyclic) bond motifs is 1. The Morgan fingerprint density at radius 2 is 2.00 bits per heavy atom. The summed E-state index contributed by atoms with van der Waals surface area (Å²) in [5.41, 5.74) is 0.942. The highest BCUT2D eigenvalue weighted by atomic mass is 32.1. The average Bonchev–Trinajstić information content (AvgIpc) is 2.88. The molecule has 3 rings (SSSR count). The lowest BCUT2D eigenvalue weighted by Crippen LogP contribution is -2.26. The van der Waals surface area contributed by atoms with E-state index in [1.54, 1.807) is 12.1 Å². The smallest absolute Gasteiger partial charge is 0.335 e. The summed E-state index contributed by atoms with van der Waals surface area (Å²) in [5, 5.41) is 12.4. The number of nitrogens with zero attached hydrogens (tertiary/aromatic N) is 1. The molecule has 1 heterocycles. The molecule has 5 nitrogen and oxygen atoms in total. The van der Waals surface area contributed by atoms with Crippen LogP contribution >= 0.6 is 11.3 Å². The van der Waals surface area contributed by atoms with Crippen LogP contribution in [0.4, 0.5) is 5.13 Å². The van der Waals surface area contributed by atoms with E-state index in [9.17, 15) is 9.59 Å². The van der Waals surface area contributed by atoms with Crippen molar-refractivity contribution < 1.29 is 14.7 Å². The number of aromatic carboxylic acids is 1. The fourth-order valence-corrected chi connectivity index (χ4v) is 3.75. The van der Waals surface area contributed by atoms with Crippen LogP contribution in [0.25, 0.3) is 10.2 Å². The fourth-order valence-electron chi connectivity index (χ4n) is 2.84. The minimum Gasteiger partial charge on any atom is -0.478 e. The van der Waals surface area contributed by atoms with E-state index in [1.165, 1.54) is 17.4 Å². The van der Waals surface area contributed by atoms with Gasteiger partial charge < -0.3 is 10.4 Å². The number of anilines is 1. The summed E-state index contributed by atoms with van der Waals surface area (Å²) in [6.45, 7) is 2.22. The number of amides is 1. The summed E-state index contributed by atoms with van der Waals surface area (Å²) in [6.07, 6.45) is 4.06. The second-order valence-corrected chi connectivity index (χ2v) is 6.98. The summed E-state index contributed by atoms with van der Waals surface area (Å²) in [4.78, 5) is 27.6. The molecule has 1 fully saturated rings. The van der Waals surface area contributed by atoms with E-state index in [-0.39, 0.29) is 17.4 Å². The normalized spacial score (nSPS) is 21.7. The van der Waals surface area contributed by atoms with Crippen molar-refractivity contribution in [2.75, 3.05) is 5.32 Å². The summed E-state index contributed by atoms with van der Waals surface area (Å²) < 4.78 is 0.771. The second-order valence-electron chi connectivity index (χ2n) is 5.95. The Balaban J connectivity index is 1.73. The van der Waals surface area contributed by atoms with Gasteiger partial charge in [-0.25, -0.2) is 9.78 Å². The Hall–Kier alpha value is -1.95. The molecule has 1 aromatic heterocycles. The van der Waals surface area contributed by atoms with Crippen LogP contribution in [0.3, 0.4) is 0 Å². The first-order valence-electron chi connectivity index (χ1n) is 7.47. The maximum absolute atomic E-state index is 12.3. The molecule has 0 unspecified atom stereocenters. The molecule has 6 heteroatoms. The highest BCUT2D eigenvalue weighted by Gasteiger charge is 2.25. The molecular weight excluding hydrogens is 300 g/mol. The second kappa shape index (κ2) is 6.04. The van der Waals surface area contributed by atoms with Crippen molar-refractivity contribution in [3.8, 4) is 0 Å². The van der Waals surface area contributed by atoms with Crippen LogP contribution < -0.4 is 5.32 Å². The number of carbonyl (C=O) groups excluding carboxylic acids is 1. The number of thiazole rings is 1. The quantitative estimate of drug-likeness (QED) is 0.903. The zero-order valence-corrected chi connectivity index (χ0v) is 13.2. The number of rotatable bonds is 3. The minimum atomic E-state index is -0.961. The van der Waals surface area contributed by atoms with Gasteiger partial charge in [0.15, 0.2) is 5.13 Å². The van der Waals surface area contributed by atoms with Gasteiger partial charge in [0.1, 0.15) is 0 Å². The lowest BCUT2D eigenvalue weighted by atomic mass is 9.82. The third kappa shape index (κ3) is 3.11. The lowest BCUT2D eigenvalue weighted by molar-refractivity contribution is -0.121. The zero-order valence-electron chi connectivity index (χ0n) is 12.3. The van der Waals surface area contributed by atoms with Gasteiger partial charge in [-0.2, -0.15) is 0 Å². The van der Waals surface area contributed by atoms with Crippen LogP contribution in [-0.2, 0) is 4.79 Å². The van der Waals surface area contributed by atoms with Crippen molar-refractivity contribution in [1.82, 2.24) is 4.98 Å². The Labute approximate surface area is 132 Å². The summed E-state index contributed by atoms with van der Waals surface area (Å²) in [6, 6.07) is 4.79. The summed E-state index contributed by atoms with van der Waals surface area (Å²) in [5.74, 6) is -0.152. The average molecular weight is 318 g/mol. The highest BCUT2D eigenvalue weighted by molar-refractivity contribution is 7.22. The van der Waals surface area contributed by atoms with Gasteiger partial charge in [-0.15, -0.1) is 0 Å².